The summed E-state index contributed by atoms with van der Waals surface area (Å²) in [5, 5.41) is 3.47. The van der Waals surface area contributed by atoms with Crippen LogP contribution in [-0.4, -0.2) is 43.8 Å². The fourth-order valence-corrected chi connectivity index (χ4v) is 6.03. The molecule has 0 aliphatic heterocycles. The van der Waals surface area contributed by atoms with Crippen molar-refractivity contribution in [1.82, 2.24) is 10.2 Å². The lowest BCUT2D eigenvalue weighted by Gasteiger charge is -2.34. The summed E-state index contributed by atoms with van der Waals surface area (Å²) in [6.07, 6.45) is 0.311. The van der Waals surface area contributed by atoms with Crippen LogP contribution in [0, 0.1) is 6.92 Å². The summed E-state index contributed by atoms with van der Waals surface area (Å²) in [6.45, 7) is 6.76. The summed E-state index contributed by atoms with van der Waals surface area (Å²) < 4.78 is 28.8. The molecule has 2 amide bonds. The van der Waals surface area contributed by atoms with Crippen LogP contribution in [0.4, 0.5) is 5.69 Å². The third-order valence-electron chi connectivity index (χ3n) is 6.12. The van der Waals surface area contributed by atoms with Crippen LogP contribution in [-0.2, 0) is 26.2 Å². The highest BCUT2D eigenvalue weighted by atomic mass is 35.5. The molecule has 39 heavy (non-hydrogen) atoms. The summed E-state index contributed by atoms with van der Waals surface area (Å²) in [5.74, 6) is -0.908. The number of sulfonamides is 1. The molecule has 0 aromatic heterocycles. The molecule has 0 heterocycles. The number of amides is 2. The van der Waals surface area contributed by atoms with Crippen molar-refractivity contribution in [3.63, 3.8) is 0 Å². The zero-order chi connectivity index (χ0) is 28.7. The molecular formula is C29H33Cl2N3O4S. The van der Waals surface area contributed by atoms with Gasteiger partial charge in [-0.15, -0.1) is 0 Å². The Morgan fingerprint density at radius 3 is 2.05 bits per heavy atom. The van der Waals surface area contributed by atoms with Gasteiger partial charge in [0.1, 0.15) is 12.6 Å². The van der Waals surface area contributed by atoms with Crippen molar-refractivity contribution in [2.45, 2.75) is 57.6 Å². The lowest BCUT2D eigenvalue weighted by atomic mass is 10.1. The average molecular weight is 591 g/mol. The first kappa shape index (κ1) is 30.5. The van der Waals surface area contributed by atoms with E-state index in [1.54, 1.807) is 67.6 Å². The number of hydrogen-bond donors (Lipinski definition) is 1. The number of carbonyl (C=O) groups excluding carboxylic acids is 2. The van der Waals surface area contributed by atoms with Crippen molar-refractivity contribution in [2.24, 2.45) is 0 Å². The van der Waals surface area contributed by atoms with Crippen LogP contribution in [0.3, 0.4) is 0 Å². The Morgan fingerprint density at radius 1 is 0.897 bits per heavy atom. The molecule has 1 N–H and O–H groups in total. The zero-order valence-electron chi connectivity index (χ0n) is 22.4. The van der Waals surface area contributed by atoms with Gasteiger partial charge in [0, 0.05) is 17.6 Å². The van der Waals surface area contributed by atoms with Crippen LogP contribution in [0.1, 0.15) is 38.3 Å². The molecular weight excluding hydrogens is 557 g/mol. The molecule has 0 aliphatic rings. The van der Waals surface area contributed by atoms with Crippen molar-refractivity contribution in [3.8, 4) is 0 Å². The van der Waals surface area contributed by atoms with Gasteiger partial charge >= 0.3 is 0 Å². The van der Waals surface area contributed by atoms with E-state index in [9.17, 15) is 18.0 Å². The smallest absolute Gasteiger partial charge is 0.264 e. The second kappa shape index (κ2) is 13.3. The van der Waals surface area contributed by atoms with Gasteiger partial charge in [0.2, 0.25) is 11.8 Å². The number of para-hydroxylation sites is 1. The maximum atomic E-state index is 14.0. The number of aryl methyl sites for hydroxylation is 1. The fraction of sp³-hybridized carbons (Fsp3) is 0.310. The third kappa shape index (κ3) is 7.53. The van der Waals surface area contributed by atoms with Gasteiger partial charge in [-0.3, -0.25) is 13.9 Å². The van der Waals surface area contributed by atoms with Gasteiger partial charge in [-0.1, -0.05) is 78.2 Å². The van der Waals surface area contributed by atoms with Gasteiger partial charge in [0.15, 0.2) is 0 Å². The lowest BCUT2D eigenvalue weighted by molar-refractivity contribution is -0.140. The summed E-state index contributed by atoms with van der Waals surface area (Å²) in [4.78, 5) is 28.6. The Hall–Kier alpha value is -3.07. The largest absolute Gasteiger partial charge is 0.352 e. The number of nitrogens with zero attached hydrogens (tertiary/aromatic N) is 2. The SMILES string of the molecule is CC[C@@H](C(=O)NC(C)C)N(Cc1ccccc1Cl)C(=O)CN(c1ccccc1Cl)S(=O)(=O)c1ccc(C)cc1. The normalized spacial score (nSPS) is 12.2. The van der Waals surface area contributed by atoms with Crippen LogP contribution in [0.15, 0.2) is 77.7 Å². The summed E-state index contributed by atoms with van der Waals surface area (Å²) >= 11 is 12.8. The number of carbonyl (C=O) groups is 2. The number of anilines is 1. The molecule has 10 heteroatoms. The van der Waals surface area contributed by atoms with E-state index in [0.717, 1.165) is 9.87 Å². The number of nitrogens with one attached hydrogen (secondary N) is 1. The Labute approximate surface area is 240 Å². The highest BCUT2D eigenvalue weighted by Crippen LogP contribution is 2.31. The maximum Gasteiger partial charge on any atom is 0.264 e. The number of halogens is 2. The van der Waals surface area contributed by atoms with Crippen LogP contribution in [0.2, 0.25) is 10.0 Å². The second-order valence-corrected chi connectivity index (χ2v) is 12.2. The molecule has 7 nitrogen and oxygen atoms in total. The molecule has 0 spiro atoms. The topological polar surface area (TPSA) is 86.8 Å². The molecule has 0 fully saturated rings. The van der Waals surface area contributed by atoms with Crippen LogP contribution in [0.5, 0.6) is 0 Å². The molecule has 0 aliphatic carbocycles. The van der Waals surface area contributed by atoms with Gasteiger partial charge in [0.25, 0.3) is 10.0 Å². The molecule has 208 valence electrons. The molecule has 0 bridgehead atoms. The van der Waals surface area contributed by atoms with Crippen LogP contribution in [0.25, 0.3) is 0 Å². The lowest BCUT2D eigenvalue weighted by Crippen LogP contribution is -2.53. The van der Waals surface area contributed by atoms with E-state index in [-0.39, 0.29) is 34.1 Å². The van der Waals surface area contributed by atoms with E-state index < -0.39 is 28.5 Å². The highest BCUT2D eigenvalue weighted by Gasteiger charge is 2.34. The number of benzene rings is 3. The van der Waals surface area contributed by atoms with Crippen molar-refractivity contribution in [2.75, 3.05) is 10.8 Å². The van der Waals surface area contributed by atoms with E-state index in [0.29, 0.717) is 17.0 Å². The van der Waals surface area contributed by atoms with E-state index in [4.69, 9.17) is 23.2 Å². The Morgan fingerprint density at radius 2 is 1.49 bits per heavy atom. The minimum absolute atomic E-state index is 0.0167. The first-order chi connectivity index (χ1) is 18.4. The van der Waals surface area contributed by atoms with Gasteiger partial charge in [0.05, 0.1) is 15.6 Å². The Balaban J connectivity index is 2.09. The first-order valence-electron chi connectivity index (χ1n) is 12.6. The quantitative estimate of drug-likeness (QED) is 0.305. The number of hydrogen-bond acceptors (Lipinski definition) is 4. The third-order valence-corrected chi connectivity index (χ3v) is 8.59. The Bertz CT molecular complexity index is 1410. The fourth-order valence-electron chi connectivity index (χ4n) is 4.12. The molecule has 0 unspecified atom stereocenters. The van der Waals surface area contributed by atoms with Gasteiger partial charge in [-0.05, 0) is 63.1 Å². The predicted octanol–water partition coefficient (Wildman–Crippen LogP) is 5.83. The zero-order valence-corrected chi connectivity index (χ0v) is 24.7. The standard InChI is InChI=1S/C29H33Cl2N3O4S/c1-5-26(29(36)32-20(2)3)33(18-22-10-6-7-11-24(22)30)28(35)19-34(27-13-9-8-12-25(27)31)39(37,38)23-16-14-21(4)15-17-23/h6-17,20,26H,5,18-19H2,1-4H3,(H,32,36)/t26-/m0/s1. The Kier molecular flexibility index (Phi) is 10.4. The van der Waals surface area contributed by atoms with Gasteiger partial charge < -0.3 is 10.2 Å². The van der Waals surface area contributed by atoms with Crippen molar-refractivity contribution >= 4 is 50.7 Å². The molecule has 3 aromatic carbocycles. The summed E-state index contributed by atoms with van der Waals surface area (Å²) in [5.41, 5.74) is 1.68. The van der Waals surface area contributed by atoms with Gasteiger partial charge in [-0.25, -0.2) is 8.42 Å². The minimum atomic E-state index is -4.20. The average Bonchev–Trinajstić information content (AvgIpc) is 2.88. The van der Waals surface area contributed by atoms with E-state index >= 15 is 0 Å². The number of rotatable bonds is 11. The van der Waals surface area contributed by atoms with Crippen LogP contribution >= 0.6 is 23.2 Å². The van der Waals surface area contributed by atoms with Crippen molar-refractivity contribution in [3.05, 3.63) is 94.0 Å². The van der Waals surface area contributed by atoms with E-state index in [2.05, 4.69) is 5.32 Å². The molecule has 0 saturated heterocycles. The minimum Gasteiger partial charge on any atom is -0.352 e. The summed E-state index contributed by atoms with van der Waals surface area (Å²) in [6, 6.07) is 18.8. The van der Waals surface area contributed by atoms with E-state index in [1.165, 1.54) is 17.0 Å². The van der Waals surface area contributed by atoms with Gasteiger partial charge in [-0.2, -0.15) is 0 Å². The highest BCUT2D eigenvalue weighted by molar-refractivity contribution is 7.92. The molecule has 3 aromatic rings. The molecule has 0 radical (unpaired) electrons. The predicted molar refractivity (Wildman–Crippen MR) is 157 cm³/mol. The maximum absolute atomic E-state index is 14.0. The molecule has 1 atom stereocenters. The summed E-state index contributed by atoms with van der Waals surface area (Å²) in [7, 11) is -4.20. The van der Waals surface area contributed by atoms with Crippen molar-refractivity contribution in [1.29, 1.82) is 0 Å². The van der Waals surface area contributed by atoms with E-state index in [1.807, 2.05) is 20.8 Å². The monoisotopic (exact) mass is 589 g/mol. The van der Waals surface area contributed by atoms with Crippen molar-refractivity contribution < 1.29 is 18.0 Å². The second-order valence-electron chi connectivity index (χ2n) is 9.48. The molecule has 0 saturated carbocycles. The molecule has 3 rings (SSSR count). The van der Waals surface area contributed by atoms with Crippen LogP contribution < -0.4 is 9.62 Å². The first-order valence-corrected chi connectivity index (χ1v) is 14.8.